The third kappa shape index (κ3) is 3.33. The highest BCUT2D eigenvalue weighted by atomic mass is 79.9. The average Bonchev–Trinajstić information content (AvgIpc) is 2.45. The molecule has 3 nitrogen and oxygen atoms in total. The maximum Gasteiger partial charge on any atom is 0.133 e. The number of aromatic nitrogens is 1. The van der Waals surface area contributed by atoms with E-state index in [2.05, 4.69) is 50.5 Å². The van der Waals surface area contributed by atoms with E-state index >= 15 is 0 Å². The molecule has 0 bridgehead atoms. The fourth-order valence-corrected chi connectivity index (χ4v) is 2.69. The topological polar surface area (TPSA) is 34.2 Å². The molecule has 0 aliphatic carbocycles. The van der Waals surface area contributed by atoms with E-state index in [0.29, 0.717) is 5.92 Å². The molecule has 0 amide bonds. The number of methoxy groups -OCH3 is 1. The molecular formula is C15H17BrN2O. The van der Waals surface area contributed by atoms with E-state index in [1.165, 1.54) is 11.1 Å². The summed E-state index contributed by atoms with van der Waals surface area (Å²) in [6.07, 6.45) is 3.66. The number of likely N-dealkylation sites (N-methyl/N-ethyl adjacent to an activating group) is 1. The van der Waals surface area contributed by atoms with Crippen LogP contribution >= 0.6 is 15.9 Å². The molecule has 0 aliphatic rings. The van der Waals surface area contributed by atoms with Crippen LogP contribution in [-0.2, 0) is 0 Å². The summed E-state index contributed by atoms with van der Waals surface area (Å²) >= 11 is 3.54. The molecule has 1 heterocycles. The van der Waals surface area contributed by atoms with E-state index < -0.39 is 0 Å². The molecule has 1 N–H and O–H groups in total. The van der Waals surface area contributed by atoms with E-state index in [4.69, 9.17) is 4.74 Å². The summed E-state index contributed by atoms with van der Waals surface area (Å²) in [7, 11) is 3.64. The summed E-state index contributed by atoms with van der Waals surface area (Å²) in [6.45, 7) is 0.878. The molecule has 1 atom stereocenters. The van der Waals surface area contributed by atoms with Gasteiger partial charge in [-0.25, -0.2) is 0 Å². The molecule has 0 saturated heterocycles. The zero-order chi connectivity index (χ0) is 13.7. The molecule has 2 rings (SSSR count). The Morgan fingerprint density at radius 3 is 2.53 bits per heavy atom. The van der Waals surface area contributed by atoms with Gasteiger partial charge >= 0.3 is 0 Å². The van der Waals surface area contributed by atoms with Crippen LogP contribution in [0.5, 0.6) is 5.75 Å². The van der Waals surface area contributed by atoms with Crippen molar-refractivity contribution < 1.29 is 4.74 Å². The second-order valence-corrected chi connectivity index (χ2v) is 5.14. The number of hydrogen-bond acceptors (Lipinski definition) is 3. The minimum absolute atomic E-state index is 0.301. The second-order valence-electron chi connectivity index (χ2n) is 4.28. The molecule has 0 spiro atoms. The predicted octanol–water partition coefficient (Wildman–Crippen LogP) is 3.20. The summed E-state index contributed by atoms with van der Waals surface area (Å²) in [5, 5.41) is 3.25. The molecule has 1 aromatic heterocycles. The van der Waals surface area contributed by atoms with Gasteiger partial charge in [-0.05, 0) is 58.4 Å². The van der Waals surface area contributed by atoms with Crippen LogP contribution in [0.25, 0.3) is 0 Å². The van der Waals surface area contributed by atoms with Crippen LogP contribution in [0.1, 0.15) is 17.0 Å². The molecule has 0 radical (unpaired) electrons. The van der Waals surface area contributed by atoms with Crippen molar-refractivity contribution in [2.75, 3.05) is 20.7 Å². The fourth-order valence-electron chi connectivity index (χ4n) is 2.13. The number of rotatable bonds is 5. The third-order valence-electron chi connectivity index (χ3n) is 3.09. The van der Waals surface area contributed by atoms with Gasteiger partial charge in [0.1, 0.15) is 5.75 Å². The van der Waals surface area contributed by atoms with Crippen LogP contribution < -0.4 is 10.1 Å². The zero-order valence-corrected chi connectivity index (χ0v) is 12.6. The Morgan fingerprint density at radius 2 is 1.95 bits per heavy atom. The van der Waals surface area contributed by atoms with Crippen LogP contribution in [0.4, 0.5) is 0 Å². The van der Waals surface area contributed by atoms with Crippen LogP contribution in [-0.4, -0.2) is 25.7 Å². The highest BCUT2D eigenvalue weighted by Crippen LogP contribution is 2.31. The van der Waals surface area contributed by atoms with Gasteiger partial charge in [0, 0.05) is 24.9 Å². The van der Waals surface area contributed by atoms with Crippen molar-refractivity contribution >= 4 is 15.9 Å². The Labute approximate surface area is 122 Å². The maximum absolute atomic E-state index is 5.27. The van der Waals surface area contributed by atoms with Gasteiger partial charge in [0.2, 0.25) is 0 Å². The summed E-state index contributed by atoms with van der Waals surface area (Å²) in [4.78, 5) is 4.08. The van der Waals surface area contributed by atoms with Crippen molar-refractivity contribution in [1.82, 2.24) is 10.3 Å². The number of nitrogens with one attached hydrogen (secondary N) is 1. The van der Waals surface area contributed by atoms with Gasteiger partial charge in [-0.1, -0.05) is 6.07 Å². The number of pyridine rings is 1. The molecule has 1 unspecified atom stereocenters. The standard InChI is InChI=1S/C15H17BrN2O/c1-17-10-13(11-5-7-18-8-6-11)12-3-4-15(19-2)14(16)9-12/h3-9,13,17H,10H2,1-2H3. The highest BCUT2D eigenvalue weighted by Gasteiger charge is 2.14. The van der Waals surface area contributed by atoms with Crippen LogP contribution in [0, 0.1) is 0 Å². The van der Waals surface area contributed by atoms with E-state index in [-0.39, 0.29) is 0 Å². The first-order valence-electron chi connectivity index (χ1n) is 6.14. The largest absolute Gasteiger partial charge is 0.496 e. The van der Waals surface area contributed by atoms with Crippen molar-refractivity contribution in [2.24, 2.45) is 0 Å². The smallest absolute Gasteiger partial charge is 0.133 e. The minimum Gasteiger partial charge on any atom is -0.496 e. The van der Waals surface area contributed by atoms with Crippen LogP contribution in [0.3, 0.4) is 0 Å². The van der Waals surface area contributed by atoms with Gasteiger partial charge in [0.15, 0.2) is 0 Å². The number of benzene rings is 1. The molecule has 0 aliphatic heterocycles. The Balaban J connectivity index is 2.37. The van der Waals surface area contributed by atoms with E-state index in [1.807, 2.05) is 25.5 Å². The molecule has 4 heteroatoms. The number of nitrogens with zero attached hydrogens (tertiary/aromatic N) is 1. The molecule has 19 heavy (non-hydrogen) atoms. The quantitative estimate of drug-likeness (QED) is 0.918. The fraction of sp³-hybridized carbons (Fsp3) is 0.267. The SMILES string of the molecule is CNCC(c1ccncc1)c1ccc(OC)c(Br)c1. The lowest BCUT2D eigenvalue weighted by Crippen LogP contribution is -2.18. The van der Waals surface area contributed by atoms with Crippen molar-refractivity contribution in [1.29, 1.82) is 0 Å². The number of hydrogen-bond donors (Lipinski definition) is 1. The van der Waals surface area contributed by atoms with Gasteiger partial charge in [0.25, 0.3) is 0 Å². The lowest BCUT2D eigenvalue weighted by molar-refractivity contribution is 0.412. The van der Waals surface area contributed by atoms with E-state index in [0.717, 1.165) is 16.8 Å². The number of halogens is 1. The number of ether oxygens (including phenoxy) is 1. The van der Waals surface area contributed by atoms with Gasteiger partial charge in [-0.2, -0.15) is 0 Å². The first-order chi connectivity index (χ1) is 9.26. The first kappa shape index (κ1) is 14.0. The van der Waals surface area contributed by atoms with Crippen molar-refractivity contribution in [3.8, 4) is 5.75 Å². The van der Waals surface area contributed by atoms with Gasteiger partial charge in [-0.15, -0.1) is 0 Å². The monoisotopic (exact) mass is 320 g/mol. The van der Waals surface area contributed by atoms with E-state index in [1.54, 1.807) is 7.11 Å². The molecule has 1 aromatic carbocycles. The van der Waals surface area contributed by atoms with Crippen LogP contribution in [0.15, 0.2) is 47.2 Å². The second kappa shape index (κ2) is 6.68. The summed E-state index contributed by atoms with van der Waals surface area (Å²) < 4.78 is 6.25. The lowest BCUT2D eigenvalue weighted by Gasteiger charge is -2.18. The Hall–Kier alpha value is -1.39. The minimum atomic E-state index is 0.301. The molecular weight excluding hydrogens is 304 g/mol. The molecule has 2 aromatic rings. The molecule has 100 valence electrons. The average molecular weight is 321 g/mol. The summed E-state index contributed by atoms with van der Waals surface area (Å²) in [5.41, 5.74) is 2.50. The summed E-state index contributed by atoms with van der Waals surface area (Å²) in [6, 6.07) is 10.3. The van der Waals surface area contributed by atoms with Gasteiger partial charge < -0.3 is 10.1 Å². The predicted molar refractivity (Wildman–Crippen MR) is 80.7 cm³/mol. The molecule has 0 fully saturated rings. The summed E-state index contributed by atoms with van der Waals surface area (Å²) in [5.74, 6) is 1.15. The van der Waals surface area contributed by atoms with Crippen molar-refractivity contribution in [3.05, 3.63) is 58.3 Å². The Morgan fingerprint density at radius 1 is 1.21 bits per heavy atom. The van der Waals surface area contributed by atoms with Crippen molar-refractivity contribution in [3.63, 3.8) is 0 Å². The van der Waals surface area contributed by atoms with Crippen LogP contribution in [0.2, 0.25) is 0 Å². The van der Waals surface area contributed by atoms with Crippen molar-refractivity contribution in [2.45, 2.75) is 5.92 Å². The highest BCUT2D eigenvalue weighted by molar-refractivity contribution is 9.10. The first-order valence-corrected chi connectivity index (χ1v) is 6.93. The normalized spacial score (nSPS) is 12.2. The Kier molecular flexibility index (Phi) is 4.93. The van der Waals surface area contributed by atoms with Gasteiger partial charge in [-0.3, -0.25) is 4.98 Å². The third-order valence-corrected chi connectivity index (χ3v) is 3.71. The molecule has 0 saturated carbocycles. The zero-order valence-electron chi connectivity index (χ0n) is 11.1. The lowest BCUT2D eigenvalue weighted by atomic mass is 9.92. The maximum atomic E-state index is 5.27. The Bertz CT molecular complexity index is 531. The van der Waals surface area contributed by atoms with E-state index in [9.17, 15) is 0 Å². The van der Waals surface area contributed by atoms with Gasteiger partial charge in [0.05, 0.1) is 11.6 Å².